The van der Waals surface area contributed by atoms with Gasteiger partial charge in [0.15, 0.2) is 0 Å². The Balaban J connectivity index is 2.05. The summed E-state index contributed by atoms with van der Waals surface area (Å²) in [5.74, 6) is 1.49. The van der Waals surface area contributed by atoms with Gasteiger partial charge in [-0.1, -0.05) is 19.1 Å². The first-order valence-corrected chi connectivity index (χ1v) is 5.83. The van der Waals surface area contributed by atoms with Crippen molar-refractivity contribution in [3.05, 3.63) is 29.8 Å². The Morgan fingerprint density at radius 3 is 2.40 bits per heavy atom. The summed E-state index contributed by atoms with van der Waals surface area (Å²) in [6, 6.07) is 8.35. The van der Waals surface area contributed by atoms with Crippen molar-refractivity contribution in [1.82, 2.24) is 5.32 Å². The molecule has 0 spiro atoms. The maximum atomic E-state index is 5.70. The third-order valence-corrected chi connectivity index (χ3v) is 3.55. The molecule has 0 amide bonds. The minimum atomic E-state index is 0.660. The minimum Gasteiger partial charge on any atom is -0.399 e. The number of nitrogens with two attached hydrogens (primary N) is 1. The molecule has 2 nitrogen and oxygen atoms in total. The van der Waals surface area contributed by atoms with Crippen LogP contribution in [0, 0.1) is 5.92 Å². The van der Waals surface area contributed by atoms with Crippen molar-refractivity contribution in [2.24, 2.45) is 5.92 Å². The molecule has 1 aromatic rings. The molecule has 3 N–H and O–H groups in total. The molecule has 2 rings (SSSR count). The standard InChI is InChI=1S/C13H20N2/c1-10(12-6-8-15-9-7-12)11-2-4-13(14)5-3-11/h2-5,10,12,15H,6-9,14H2,1H3. The normalized spacial score (nSPS) is 20.1. The summed E-state index contributed by atoms with van der Waals surface area (Å²) in [5.41, 5.74) is 7.98. The van der Waals surface area contributed by atoms with Crippen molar-refractivity contribution in [1.29, 1.82) is 0 Å². The fourth-order valence-electron chi connectivity index (χ4n) is 2.42. The fraction of sp³-hybridized carbons (Fsp3) is 0.538. The highest BCUT2D eigenvalue weighted by atomic mass is 14.9. The van der Waals surface area contributed by atoms with Crippen molar-refractivity contribution >= 4 is 5.69 Å². The van der Waals surface area contributed by atoms with Crippen molar-refractivity contribution in [2.45, 2.75) is 25.7 Å². The number of nitrogens with one attached hydrogen (secondary N) is 1. The summed E-state index contributed by atoms with van der Waals surface area (Å²) in [6.45, 7) is 4.68. The molecule has 1 aliphatic heterocycles. The Labute approximate surface area is 91.9 Å². The lowest BCUT2D eigenvalue weighted by Crippen LogP contribution is -2.30. The highest BCUT2D eigenvalue weighted by Gasteiger charge is 2.20. The molecule has 0 bridgehead atoms. The molecule has 1 atom stereocenters. The summed E-state index contributed by atoms with van der Waals surface area (Å²) >= 11 is 0. The molecular formula is C13H20N2. The Morgan fingerprint density at radius 1 is 1.20 bits per heavy atom. The van der Waals surface area contributed by atoms with Gasteiger partial charge in [-0.05, 0) is 55.5 Å². The zero-order valence-electron chi connectivity index (χ0n) is 9.37. The highest BCUT2D eigenvalue weighted by Crippen LogP contribution is 2.30. The van der Waals surface area contributed by atoms with Crippen molar-refractivity contribution in [2.75, 3.05) is 18.8 Å². The van der Waals surface area contributed by atoms with E-state index in [0.29, 0.717) is 5.92 Å². The Bertz CT molecular complexity index is 299. The van der Waals surface area contributed by atoms with E-state index in [0.717, 1.165) is 11.6 Å². The number of nitrogen functional groups attached to an aromatic ring is 1. The Kier molecular flexibility index (Phi) is 3.27. The van der Waals surface area contributed by atoms with Crippen LogP contribution in [0.1, 0.15) is 31.2 Å². The molecule has 82 valence electrons. The van der Waals surface area contributed by atoms with E-state index >= 15 is 0 Å². The van der Waals surface area contributed by atoms with E-state index in [1.165, 1.54) is 31.5 Å². The molecule has 1 unspecified atom stereocenters. The first-order chi connectivity index (χ1) is 7.27. The largest absolute Gasteiger partial charge is 0.399 e. The number of rotatable bonds is 2. The quantitative estimate of drug-likeness (QED) is 0.726. The minimum absolute atomic E-state index is 0.660. The van der Waals surface area contributed by atoms with Gasteiger partial charge >= 0.3 is 0 Å². The molecule has 1 aliphatic rings. The molecule has 0 radical (unpaired) electrons. The molecule has 1 heterocycles. The van der Waals surface area contributed by atoms with Gasteiger partial charge in [-0.3, -0.25) is 0 Å². The zero-order chi connectivity index (χ0) is 10.7. The topological polar surface area (TPSA) is 38.0 Å². The number of benzene rings is 1. The number of hydrogen-bond acceptors (Lipinski definition) is 2. The van der Waals surface area contributed by atoms with E-state index in [1.807, 2.05) is 12.1 Å². The molecule has 1 fully saturated rings. The second kappa shape index (κ2) is 4.67. The van der Waals surface area contributed by atoms with Crippen LogP contribution >= 0.6 is 0 Å². The van der Waals surface area contributed by atoms with Crippen LogP contribution in [0.2, 0.25) is 0 Å². The molecule has 0 saturated carbocycles. The summed E-state index contributed by atoms with van der Waals surface area (Å²) in [7, 11) is 0. The van der Waals surface area contributed by atoms with Gasteiger partial charge in [0.1, 0.15) is 0 Å². The van der Waals surface area contributed by atoms with Crippen LogP contribution in [0.25, 0.3) is 0 Å². The van der Waals surface area contributed by atoms with E-state index < -0.39 is 0 Å². The van der Waals surface area contributed by atoms with Crippen molar-refractivity contribution in [3.63, 3.8) is 0 Å². The maximum Gasteiger partial charge on any atom is 0.0314 e. The molecular weight excluding hydrogens is 184 g/mol. The maximum absolute atomic E-state index is 5.70. The van der Waals surface area contributed by atoms with Gasteiger partial charge in [0, 0.05) is 5.69 Å². The SMILES string of the molecule is CC(c1ccc(N)cc1)C1CCNCC1. The van der Waals surface area contributed by atoms with Crippen molar-refractivity contribution in [3.8, 4) is 0 Å². The molecule has 1 aromatic carbocycles. The van der Waals surface area contributed by atoms with E-state index in [2.05, 4.69) is 24.4 Å². The van der Waals surface area contributed by atoms with Crippen LogP contribution in [0.3, 0.4) is 0 Å². The number of hydrogen-bond donors (Lipinski definition) is 2. The average molecular weight is 204 g/mol. The monoisotopic (exact) mass is 204 g/mol. The first-order valence-electron chi connectivity index (χ1n) is 5.83. The number of piperidine rings is 1. The van der Waals surface area contributed by atoms with Crippen LogP contribution in [-0.4, -0.2) is 13.1 Å². The van der Waals surface area contributed by atoms with Crippen LogP contribution in [-0.2, 0) is 0 Å². The third kappa shape index (κ3) is 2.51. The Hall–Kier alpha value is -1.02. The Morgan fingerprint density at radius 2 is 1.80 bits per heavy atom. The molecule has 15 heavy (non-hydrogen) atoms. The van der Waals surface area contributed by atoms with E-state index in [4.69, 9.17) is 5.73 Å². The predicted molar refractivity (Wildman–Crippen MR) is 64.9 cm³/mol. The van der Waals surface area contributed by atoms with Crippen LogP contribution in [0.15, 0.2) is 24.3 Å². The highest BCUT2D eigenvalue weighted by molar-refractivity contribution is 5.40. The summed E-state index contributed by atoms with van der Waals surface area (Å²) in [6.07, 6.45) is 2.59. The second-order valence-electron chi connectivity index (χ2n) is 4.54. The van der Waals surface area contributed by atoms with Gasteiger partial charge in [0.2, 0.25) is 0 Å². The lowest BCUT2D eigenvalue weighted by molar-refractivity contribution is 0.330. The second-order valence-corrected chi connectivity index (χ2v) is 4.54. The first kappa shape index (κ1) is 10.5. The third-order valence-electron chi connectivity index (χ3n) is 3.55. The summed E-state index contributed by atoms with van der Waals surface area (Å²) < 4.78 is 0. The van der Waals surface area contributed by atoms with E-state index in [9.17, 15) is 0 Å². The van der Waals surface area contributed by atoms with Crippen molar-refractivity contribution < 1.29 is 0 Å². The van der Waals surface area contributed by atoms with Gasteiger partial charge in [-0.25, -0.2) is 0 Å². The van der Waals surface area contributed by atoms with E-state index in [-0.39, 0.29) is 0 Å². The lowest BCUT2D eigenvalue weighted by atomic mass is 9.82. The summed E-state index contributed by atoms with van der Waals surface area (Å²) in [5, 5.41) is 3.41. The molecule has 1 saturated heterocycles. The van der Waals surface area contributed by atoms with Gasteiger partial charge in [-0.15, -0.1) is 0 Å². The lowest BCUT2D eigenvalue weighted by Gasteiger charge is -2.28. The molecule has 0 aliphatic carbocycles. The molecule has 2 heteroatoms. The number of anilines is 1. The van der Waals surface area contributed by atoms with Crippen LogP contribution in [0.5, 0.6) is 0 Å². The average Bonchev–Trinajstić information content (AvgIpc) is 2.30. The van der Waals surface area contributed by atoms with Gasteiger partial charge in [0.25, 0.3) is 0 Å². The molecule has 0 aromatic heterocycles. The zero-order valence-corrected chi connectivity index (χ0v) is 9.37. The van der Waals surface area contributed by atoms with E-state index in [1.54, 1.807) is 0 Å². The summed E-state index contributed by atoms with van der Waals surface area (Å²) in [4.78, 5) is 0. The van der Waals surface area contributed by atoms with Crippen LogP contribution < -0.4 is 11.1 Å². The van der Waals surface area contributed by atoms with Gasteiger partial charge in [-0.2, -0.15) is 0 Å². The predicted octanol–water partition coefficient (Wildman–Crippen LogP) is 2.37. The van der Waals surface area contributed by atoms with Crippen LogP contribution in [0.4, 0.5) is 5.69 Å². The smallest absolute Gasteiger partial charge is 0.0314 e. The fourth-order valence-corrected chi connectivity index (χ4v) is 2.42. The van der Waals surface area contributed by atoms with Gasteiger partial charge < -0.3 is 11.1 Å². The van der Waals surface area contributed by atoms with Gasteiger partial charge in [0.05, 0.1) is 0 Å².